The molecule has 1 unspecified atom stereocenters. The fourth-order valence-electron chi connectivity index (χ4n) is 2.74. The van der Waals surface area contributed by atoms with Crippen LogP contribution in [0.5, 0.6) is 5.75 Å². The van der Waals surface area contributed by atoms with Gasteiger partial charge in [-0.15, -0.1) is 0 Å². The van der Waals surface area contributed by atoms with Crippen molar-refractivity contribution in [1.82, 2.24) is 9.78 Å². The summed E-state index contributed by atoms with van der Waals surface area (Å²) in [5.41, 5.74) is 1.28. The van der Waals surface area contributed by atoms with Crippen molar-refractivity contribution in [3.05, 3.63) is 23.9 Å². The van der Waals surface area contributed by atoms with Crippen molar-refractivity contribution in [1.29, 1.82) is 0 Å². The van der Waals surface area contributed by atoms with E-state index in [1.807, 2.05) is 30.8 Å². The van der Waals surface area contributed by atoms with E-state index in [2.05, 4.69) is 18.9 Å². The number of carbonyl (C=O) groups is 1. The summed E-state index contributed by atoms with van der Waals surface area (Å²) >= 11 is 0. The van der Waals surface area contributed by atoms with Gasteiger partial charge < -0.3 is 9.47 Å². The van der Waals surface area contributed by atoms with Crippen LogP contribution < -0.4 is 4.74 Å². The van der Waals surface area contributed by atoms with Crippen molar-refractivity contribution >= 4 is 16.9 Å². The summed E-state index contributed by atoms with van der Waals surface area (Å²) in [4.78, 5) is 12.0. The highest BCUT2D eigenvalue weighted by Gasteiger charge is 2.18. The van der Waals surface area contributed by atoms with E-state index in [-0.39, 0.29) is 6.10 Å². The Bertz CT molecular complexity index is 676. The third-order valence-electron chi connectivity index (χ3n) is 3.86. The van der Waals surface area contributed by atoms with E-state index in [0.717, 1.165) is 30.2 Å². The number of nitrogens with zero attached hydrogens (tertiary/aromatic N) is 2. The Balaban J connectivity index is 2.50. The molecule has 1 aromatic carbocycles. The maximum atomic E-state index is 12.0. The number of methoxy groups -OCH3 is 1. The Morgan fingerprint density at radius 3 is 2.61 bits per heavy atom. The van der Waals surface area contributed by atoms with Gasteiger partial charge in [-0.1, -0.05) is 20.3 Å². The highest BCUT2D eigenvalue weighted by Crippen LogP contribution is 2.29. The highest BCUT2D eigenvalue weighted by molar-refractivity contribution is 5.97. The summed E-state index contributed by atoms with van der Waals surface area (Å²) in [6.07, 6.45) is 5.21. The Hall–Kier alpha value is -2.04. The molecule has 1 aromatic heterocycles. The maximum Gasteiger partial charge on any atom is 0.341 e. The number of carbonyl (C=O) groups excluding carboxylic acids is 1. The molecule has 5 nitrogen and oxygen atoms in total. The van der Waals surface area contributed by atoms with Gasteiger partial charge in [-0.2, -0.15) is 5.10 Å². The standard InChI is InChI=1S/C18H26N2O3/c1-6-8-14(7-2)20-11-13-9-15(18(21)22-5)17(23-12(3)4)10-16(13)19-20/h9-12,14H,6-8H2,1-5H3. The van der Waals surface area contributed by atoms with Crippen LogP contribution in [-0.4, -0.2) is 29.0 Å². The third kappa shape index (κ3) is 3.84. The summed E-state index contributed by atoms with van der Waals surface area (Å²) in [5.74, 6) is 0.129. The van der Waals surface area contributed by atoms with Crippen molar-refractivity contribution in [3.63, 3.8) is 0 Å². The van der Waals surface area contributed by atoms with Crippen LogP contribution in [0.15, 0.2) is 18.3 Å². The topological polar surface area (TPSA) is 53.4 Å². The number of esters is 1. The summed E-state index contributed by atoms with van der Waals surface area (Å²) in [6.45, 7) is 8.20. The van der Waals surface area contributed by atoms with Crippen LogP contribution in [0.4, 0.5) is 0 Å². The Labute approximate surface area is 137 Å². The molecule has 5 heteroatoms. The van der Waals surface area contributed by atoms with Crippen molar-refractivity contribution in [2.45, 2.75) is 59.1 Å². The molecule has 0 radical (unpaired) electrons. The van der Waals surface area contributed by atoms with Crippen LogP contribution in [0, 0.1) is 0 Å². The minimum absolute atomic E-state index is 0.0265. The SMILES string of the molecule is CCCC(CC)n1cc2cc(C(=O)OC)c(OC(C)C)cc2n1. The lowest BCUT2D eigenvalue weighted by Crippen LogP contribution is -2.11. The molecule has 0 amide bonds. The molecule has 126 valence electrons. The first-order valence-electron chi connectivity index (χ1n) is 8.28. The molecule has 0 fully saturated rings. The van der Waals surface area contributed by atoms with Gasteiger partial charge in [0.25, 0.3) is 0 Å². The lowest BCUT2D eigenvalue weighted by atomic mass is 10.1. The number of aromatic nitrogens is 2. The number of fused-ring (bicyclic) bond motifs is 1. The minimum Gasteiger partial charge on any atom is -0.490 e. The molecule has 1 heterocycles. The predicted molar refractivity (Wildman–Crippen MR) is 91.1 cm³/mol. The first-order valence-corrected chi connectivity index (χ1v) is 8.28. The summed E-state index contributed by atoms with van der Waals surface area (Å²) in [6, 6.07) is 4.01. The molecule has 0 aliphatic heterocycles. The first-order chi connectivity index (χ1) is 11.0. The van der Waals surface area contributed by atoms with Crippen LogP contribution >= 0.6 is 0 Å². The van der Waals surface area contributed by atoms with Gasteiger partial charge in [0.2, 0.25) is 0 Å². The predicted octanol–water partition coefficient (Wildman–Crippen LogP) is 4.36. The Kier molecular flexibility index (Phi) is 5.64. The van der Waals surface area contributed by atoms with E-state index in [1.54, 1.807) is 6.07 Å². The summed E-state index contributed by atoms with van der Waals surface area (Å²) in [7, 11) is 1.38. The molecule has 0 bridgehead atoms. The van der Waals surface area contributed by atoms with E-state index in [1.165, 1.54) is 7.11 Å². The molecule has 23 heavy (non-hydrogen) atoms. The number of hydrogen-bond donors (Lipinski definition) is 0. The average molecular weight is 318 g/mol. The zero-order valence-electron chi connectivity index (χ0n) is 14.6. The van der Waals surface area contributed by atoms with Gasteiger partial charge in [0, 0.05) is 17.6 Å². The van der Waals surface area contributed by atoms with E-state index in [0.29, 0.717) is 17.4 Å². The highest BCUT2D eigenvalue weighted by atomic mass is 16.5. The molecule has 0 saturated heterocycles. The van der Waals surface area contributed by atoms with E-state index in [9.17, 15) is 4.79 Å². The molecule has 2 rings (SSSR count). The molecule has 2 aromatic rings. The number of hydrogen-bond acceptors (Lipinski definition) is 4. The lowest BCUT2D eigenvalue weighted by Gasteiger charge is -2.13. The number of benzene rings is 1. The van der Waals surface area contributed by atoms with Crippen LogP contribution in [-0.2, 0) is 4.74 Å². The molecule has 0 saturated carbocycles. The second kappa shape index (κ2) is 7.49. The maximum absolute atomic E-state index is 12.0. The number of rotatable bonds is 7. The van der Waals surface area contributed by atoms with E-state index < -0.39 is 5.97 Å². The molecule has 0 aliphatic rings. The van der Waals surface area contributed by atoms with Gasteiger partial charge in [0.1, 0.15) is 11.3 Å². The number of ether oxygens (including phenoxy) is 2. The third-order valence-corrected chi connectivity index (χ3v) is 3.86. The second-order valence-electron chi connectivity index (χ2n) is 6.03. The van der Waals surface area contributed by atoms with Crippen molar-refractivity contribution in [2.75, 3.05) is 7.11 Å². The van der Waals surface area contributed by atoms with Crippen molar-refractivity contribution in [3.8, 4) is 5.75 Å². The second-order valence-corrected chi connectivity index (χ2v) is 6.03. The molecular weight excluding hydrogens is 292 g/mol. The van der Waals surface area contributed by atoms with Gasteiger partial charge in [-0.3, -0.25) is 4.68 Å². The smallest absolute Gasteiger partial charge is 0.341 e. The molecule has 0 N–H and O–H groups in total. The van der Waals surface area contributed by atoms with Gasteiger partial charge >= 0.3 is 5.97 Å². The zero-order chi connectivity index (χ0) is 17.0. The summed E-state index contributed by atoms with van der Waals surface area (Å²) in [5, 5.41) is 5.61. The average Bonchev–Trinajstić information content (AvgIpc) is 2.93. The van der Waals surface area contributed by atoms with Crippen LogP contribution in [0.3, 0.4) is 0 Å². The van der Waals surface area contributed by atoms with E-state index >= 15 is 0 Å². The minimum atomic E-state index is -0.393. The van der Waals surface area contributed by atoms with Crippen molar-refractivity contribution < 1.29 is 14.3 Å². The van der Waals surface area contributed by atoms with Gasteiger partial charge in [-0.05, 0) is 32.8 Å². The monoisotopic (exact) mass is 318 g/mol. The van der Waals surface area contributed by atoms with Crippen LogP contribution in [0.25, 0.3) is 10.9 Å². The molecule has 1 atom stereocenters. The first kappa shape index (κ1) is 17.3. The van der Waals surface area contributed by atoms with Crippen LogP contribution in [0.1, 0.15) is 63.4 Å². The fourth-order valence-corrected chi connectivity index (χ4v) is 2.74. The molecule has 0 spiro atoms. The van der Waals surface area contributed by atoms with Gasteiger partial charge in [0.15, 0.2) is 0 Å². The quantitative estimate of drug-likeness (QED) is 0.712. The molecule has 0 aliphatic carbocycles. The zero-order valence-corrected chi connectivity index (χ0v) is 14.6. The normalized spacial score (nSPS) is 12.6. The summed E-state index contributed by atoms with van der Waals surface area (Å²) < 4.78 is 12.7. The van der Waals surface area contributed by atoms with Crippen molar-refractivity contribution in [2.24, 2.45) is 0 Å². The van der Waals surface area contributed by atoms with E-state index in [4.69, 9.17) is 9.47 Å². The fraction of sp³-hybridized carbons (Fsp3) is 0.556. The van der Waals surface area contributed by atoms with Gasteiger partial charge in [0.05, 0.1) is 24.8 Å². The Morgan fingerprint density at radius 1 is 1.30 bits per heavy atom. The largest absolute Gasteiger partial charge is 0.490 e. The van der Waals surface area contributed by atoms with Gasteiger partial charge in [-0.25, -0.2) is 4.79 Å². The molecular formula is C18H26N2O3. The van der Waals surface area contributed by atoms with Crippen LogP contribution in [0.2, 0.25) is 0 Å². The Morgan fingerprint density at radius 2 is 2.04 bits per heavy atom. The lowest BCUT2D eigenvalue weighted by molar-refractivity contribution is 0.0594.